The zero-order valence-electron chi connectivity index (χ0n) is 33.1. The lowest BCUT2D eigenvalue weighted by Crippen LogP contribution is -2.59. The Morgan fingerprint density at radius 1 is 1.07 bits per heavy atom. The third-order valence-electron chi connectivity index (χ3n) is 12.9. The number of fused-ring (bicyclic) bond motifs is 2. The number of rotatable bonds is 14. The van der Waals surface area contributed by atoms with Crippen molar-refractivity contribution >= 4 is 52.6 Å². The number of para-hydroxylation sites is 1. The fourth-order valence-electron chi connectivity index (χ4n) is 9.54. The Bertz CT molecular complexity index is 2340. The van der Waals surface area contributed by atoms with Gasteiger partial charge in [-0.1, -0.05) is 31.2 Å². The molecular weight excluding hydrogens is 801 g/mol. The Hall–Kier alpha value is -4.79. The zero-order chi connectivity index (χ0) is 41.3. The number of methoxy groups -OCH3 is 1. The quantitative estimate of drug-likeness (QED) is 0.102. The summed E-state index contributed by atoms with van der Waals surface area (Å²) in [6.45, 7) is 4.37. The summed E-state index contributed by atoms with van der Waals surface area (Å²) in [5.41, 5.74) is 0.256. The van der Waals surface area contributed by atoms with E-state index in [9.17, 15) is 23.7 Å². The van der Waals surface area contributed by atoms with E-state index in [1.165, 1.54) is 37.5 Å². The molecule has 0 bridgehead atoms. The molecule has 0 spiro atoms. The molecule has 9 rings (SSSR count). The molecule has 59 heavy (non-hydrogen) atoms. The number of alkyl halides is 1. The summed E-state index contributed by atoms with van der Waals surface area (Å²) < 4.78 is 53.1. The molecule has 3 saturated heterocycles. The van der Waals surface area contributed by atoms with Crippen molar-refractivity contribution in [3.63, 3.8) is 0 Å². The molecule has 2 aliphatic carbocycles. The van der Waals surface area contributed by atoms with Gasteiger partial charge >= 0.3 is 13.5 Å². The summed E-state index contributed by atoms with van der Waals surface area (Å²) in [6.07, 6.45) is 5.37. The van der Waals surface area contributed by atoms with Crippen molar-refractivity contribution in [3.8, 4) is 11.6 Å². The van der Waals surface area contributed by atoms with Crippen molar-refractivity contribution in [1.29, 1.82) is 0 Å². The number of hydrogen-bond donors (Lipinski definition) is 2. The van der Waals surface area contributed by atoms with Crippen molar-refractivity contribution in [1.82, 2.24) is 25.4 Å². The predicted molar refractivity (Wildman–Crippen MR) is 215 cm³/mol. The van der Waals surface area contributed by atoms with E-state index in [1.807, 2.05) is 6.92 Å². The van der Waals surface area contributed by atoms with Crippen molar-refractivity contribution in [2.24, 2.45) is 10.8 Å². The van der Waals surface area contributed by atoms with Crippen LogP contribution in [0.3, 0.4) is 0 Å². The normalized spacial score (nSPS) is 27.8. The number of hydrogen-bond acceptors (Lipinski definition) is 11. The van der Waals surface area contributed by atoms with Gasteiger partial charge < -0.3 is 33.6 Å². The number of likely N-dealkylation sites (tertiary alicyclic amines) is 1. The molecule has 3 amide bonds. The average molecular weight is 848 g/mol. The van der Waals surface area contributed by atoms with Crippen molar-refractivity contribution in [2.75, 3.05) is 26.8 Å². The van der Waals surface area contributed by atoms with E-state index in [0.717, 1.165) is 25.7 Å². The summed E-state index contributed by atoms with van der Waals surface area (Å²) >= 11 is 1.20. The highest BCUT2D eigenvalue weighted by atomic mass is 32.1. The second-order valence-corrected chi connectivity index (χ2v) is 20.0. The highest BCUT2D eigenvalue weighted by Gasteiger charge is 2.83. The Labute approximate surface area is 344 Å². The molecule has 2 unspecified atom stereocenters. The fourth-order valence-corrected chi connectivity index (χ4v) is 12.4. The van der Waals surface area contributed by atoms with E-state index in [2.05, 4.69) is 15.6 Å². The monoisotopic (exact) mass is 847 g/mol. The molecule has 5 heterocycles. The minimum Gasteiger partial charge on any atom is -0.479 e. The molecule has 3 aliphatic heterocycles. The van der Waals surface area contributed by atoms with Crippen LogP contribution in [0, 0.1) is 10.8 Å². The van der Waals surface area contributed by atoms with Gasteiger partial charge in [0, 0.05) is 29.9 Å². The van der Waals surface area contributed by atoms with Gasteiger partial charge in [0.15, 0.2) is 0 Å². The lowest BCUT2D eigenvalue weighted by atomic mass is 9.95. The number of aromatic nitrogens is 1. The number of thiophene rings is 1. The molecule has 5 fully saturated rings. The van der Waals surface area contributed by atoms with Crippen LogP contribution >= 0.6 is 18.9 Å². The SMILES string of the molecule is CCCOC(=O)[C@H](C)NP(=O)(Oc1ccccc1)C(F)c1ccc2sc(C(=O)N[C@H]3CC45CC4(C[C@H]4CC[C@@H](C(=O)N6CC(c7cc(OC)no7)C6)N4C3=O)C5)cc2c1. The molecule has 4 aromatic rings. The lowest BCUT2D eigenvalue weighted by Gasteiger charge is -2.42. The Kier molecular flexibility index (Phi) is 10.1. The highest BCUT2D eigenvalue weighted by molar-refractivity contribution is 7.57. The first-order valence-electron chi connectivity index (χ1n) is 20.2. The molecule has 2 N–H and O–H groups in total. The third-order valence-corrected chi connectivity index (χ3v) is 16.1. The number of carbonyl (C=O) groups excluding carboxylic acids is 4. The highest BCUT2D eigenvalue weighted by Crippen LogP contribution is 2.90. The topological polar surface area (TPSA) is 170 Å². The van der Waals surface area contributed by atoms with Gasteiger partial charge in [-0.25, -0.2) is 9.48 Å². The van der Waals surface area contributed by atoms with Crippen LogP contribution < -0.4 is 19.7 Å². The van der Waals surface area contributed by atoms with Gasteiger partial charge in [0.05, 0.1) is 24.5 Å². The van der Waals surface area contributed by atoms with Crippen LogP contribution in [0.15, 0.2) is 65.2 Å². The molecule has 2 aromatic carbocycles. The first-order chi connectivity index (χ1) is 28.3. The second kappa shape index (κ2) is 15.0. The number of carbonyl (C=O) groups is 4. The van der Waals surface area contributed by atoms with Gasteiger partial charge in [-0.05, 0) is 109 Å². The van der Waals surface area contributed by atoms with Crippen molar-refractivity contribution in [3.05, 3.63) is 76.9 Å². The van der Waals surface area contributed by atoms with Crippen LogP contribution in [0.4, 0.5) is 4.39 Å². The maximum absolute atomic E-state index is 16.6. The fraction of sp³-hybridized carbons (Fsp3) is 0.500. The minimum atomic E-state index is -4.45. The average Bonchev–Trinajstić information content (AvgIpc) is 3.61. The first kappa shape index (κ1) is 39.7. The largest absolute Gasteiger partial charge is 0.479 e. The van der Waals surface area contributed by atoms with E-state index in [0.29, 0.717) is 59.0 Å². The van der Waals surface area contributed by atoms with E-state index in [4.69, 9.17) is 18.5 Å². The van der Waals surface area contributed by atoms with E-state index >= 15 is 4.39 Å². The first-order valence-corrected chi connectivity index (χ1v) is 22.7. The molecule has 5 aliphatic rings. The molecule has 14 nitrogen and oxygen atoms in total. The zero-order valence-corrected chi connectivity index (χ0v) is 34.8. The van der Waals surface area contributed by atoms with Crippen LogP contribution in [-0.2, 0) is 23.7 Å². The molecule has 6 atom stereocenters. The van der Waals surface area contributed by atoms with Gasteiger partial charge in [0.25, 0.3) is 11.8 Å². The van der Waals surface area contributed by atoms with E-state index < -0.39 is 43.4 Å². The van der Waals surface area contributed by atoms with Gasteiger partial charge in [0.1, 0.15) is 29.6 Å². The number of esters is 1. The van der Waals surface area contributed by atoms with Crippen LogP contribution in [0.25, 0.3) is 10.1 Å². The Morgan fingerprint density at radius 3 is 2.56 bits per heavy atom. The van der Waals surface area contributed by atoms with Crippen molar-refractivity contribution < 1.29 is 46.7 Å². The number of benzene rings is 2. The van der Waals surface area contributed by atoms with Crippen molar-refractivity contribution in [2.45, 2.75) is 94.8 Å². The smallest absolute Gasteiger partial charge is 0.355 e. The van der Waals surface area contributed by atoms with Crippen LogP contribution in [-0.4, -0.2) is 89.6 Å². The molecule has 17 heteroatoms. The Balaban J connectivity index is 0.913. The second-order valence-electron chi connectivity index (χ2n) is 16.8. The van der Waals surface area contributed by atoms with Gasteiger partial charge in [-0.3, -0.25) is 23.7 Å². The lowest BCUT2D eigenvalue weighted by molar-refractivity contribution is -0.150. The van der Waals surface area contributed by atoms with Crippen LogP contribution in [0.5, 0.6) is 11.6 Å². The minimum absolute atomic E-state index is 0.00169. The Morgan fingerprint density at radius 2 is 1.83 bits per heavy atom. The van der Waals surface area contributed by atoms with Gasteiger partial charge in [-0.15, -0.1) is 11.3 Å². The third kappa shape index (κ3) is 7.20. The number of nitrogens with one attached hydrogen (secondary N) is 2. The van der Waals surface area contributed by atoms with Crippen LogP contribution in [0.1, 0.15) is 91.6 Å². The summed E-state index contributed by atoms with van der Waals surface area (Å²) in [7, 11) is -2.93. The summed E-state index contributed by atoms with van der Waals surface area (Å²) in [5, 5.41) is 10.1. The number of ether oxygens (including phenoxy) is 2. The number of halogens is 1. The van der Waals surface area contributed by atoms with Gasteiger partial charge in [0.2, 0.25) is 17.7 Å². The predicted octanol–water partition coefficient (Wildman–Crippen LogP) is 6.73. The molecule has 0 radical (unpaired) electrons. The molecule has 312 valence electrons. The maximum Gasteiger partial charge on any atom is 0.355 e. The molecule has 2 aromatic heterocycles. The summed E-state index contributed by atoms with van der Waals surface area (Å²) in [4.78, 5) is 58.9. The number of nitrogens with zero attached hydrogens (tertiary/aromatic N) is 3. The summed E-state index contributed by atoms with van der Waals surface area (Å²) in [6, 6.07) is 13.6. The number of amides is 3. The standard InChI is InChI=1S/C42H47FN5O9PS/c1-4-14-55-40(52)24(2)46-58(53,57-29-8-6-5-7-9-29)36(43)25-10-13-33-26(15-25)16-34(59-33)37(49)44-30-19-42-22-41(42,23-42)18-28-11-12-31(48(28)38(30)50)39(51)47-20-27(21-47)32-17-35(54-3)45-56-32/h5-10,13,15-17,24,27-28,30-31,36H,4,11-12,14,18-23H2,1-3H3,(H,44,49)(H,46,53)/t24-,28+,30-,31-,36?,41?,42?,58?/m0/s1. The molecular formula is C42H47FN5O9PS. The van der Waals surface area contributed by atoms with E-state index in [-0.39, 0.29) is 52.5 Å². The van der Waals surface area contributed by atoms with Crippen LogP contribution in [0.2, 0.25) is 0 Å². The van der Waals surface area contributed by atoms with Gasteiger partial charge in [-0.2, -0.15) is 0 Å². The maximum atomic E-state index is 16.6. The molecule has 2 saturated carbocycles. The summed E-state index contributed by atoms with van der Waals surface area (Å²) in [5.74, 6) is -2.42. The van der Waals surface area contributed by atoms with E-state index in [1.54, 1.807) is 58.3 Å².